The van der Waals surface area contributed by atoms with Crippen molar-refractivity contribution in [2.24, 2.45) is 0 Å². The maximum atomic E-state index is 6.16. The van der Waals surface area contributed by atoms with Crippen LogP contribution in [-0.4, -0.2) is 10.7 Å². The molecule has 2 aromatic heterocycles. The first-order chi connectivity index (χ1) is 13.4. The molecule has 3 heterocycles. The predicted molar refractivity (Wildman–Crippen MR) is 116 cm³/mol. The molecular formula is C23H17NOS2. The molecule has 4 heteroatoms. The van der Waals surface area contributed by atoms with Gasteiger partial charge in [-0.1, -0.05) is 36.4 Å². The van der Waals surface area contributed by atoms with E-state index in [0.29, 0.717) is 0 Å². The van der Waals surface area contributed by atoms with E-state index in [-0.39, 0.29) is 0 Å². The van der Waals surface area contributed by atoms with Gasteiger partial charge in [-0.05, 0) is 53.8 Å². The minimum atomic E-state index is 0.805. The first-order valence-electron chi connectivity index (χ1n) is 8.91. The zero-order chi connectivity index (χ0) is 18.1. The molecule has 0 saturated carbocycles. The van der Waals surface area contributed by atoms with Crippen molar-refractivity contribution in [2.75, 3.05) is 5.75 Å². The number of fused-ring (bicyclic) bond motifs is 3. The maximum absolute atomic E-state index is 6.16. The fraction of sp³-hybridized carbons (Fsp3) is 0.0870. The Labute approximate surface area is 166 Å². The van der Waals surface area contributed by atoms with Crippen LogP contribution in [0.4, 0.5) is 0 Å². The van der Waals surface area contributed by atoms with Crippen LogP contribution in [0.1, 0.15) is 16.1 Å². The second-order valence-electron chi connectivity index (χ2n) is 6.32. The summed E-state index contributed by atoms with van der Waals surface area (Å²) in [5, 5.41) is 3.29. The lowest BCUT2D eigenvalue weighted by Gasteiger charge is -2.12. The van der Waals surface area contributed by atoms with Crippen LogP contribution in [0.2, 0.25) is 0 Å². The minimum Gasteiger partial charge on any atom is -0.455 e. The van der Waals surface area contributed by atoms with Crippen molar-refractivity contribution in [1.82, 2.24) is 4.98 Å². The Morgan fingerprint density at radius 3 is 2.70 bits per heavy atom. The Balaban J connectivity index is 1.64. The maximum Gasteiger partial charge on any atom is 0.153 e. The summed E-state index contributed by atoms with van der Waals surface area (Å²) in [5.74, 6) is 2.75. The largest absolute Gasteiger partial charge is 0.455 e. The smallest absolute Gasteiger partial charge is 0.153 e. The second kappa shape index (κ2) is 7.22. The lowest BCUT2D eigenvalue weighted by atomic mass is 10.1. The number of para-hydroxylation sites is 2. The lowest BCUT2D eigenvalue weighted by molar-refractivity contribution is 0.487. The van der Waals surface area contributed by atoms with E-state index in [1.165, 1.54) is 20.7 Å². The molecule has 2 aromatic carbocycles. The first kappa shape index (κ1) is 16.6. The number of hydrogen-bond acceptors (Lipinski definition) is 4. The predicted octanol–water partition coefficient (Wildman–Crippen LogP) is 6.91. The third-order valence-corrected chi connectivity index (χ3v) is 6.58. The number of rotatable bonds is 4. The summed E-state index contributed by atoms with van der Waals surface area (Å²) >= 11 is 3.66. The standard InChI is InChI=1S/C23H17NOS2/c1-2-6-16(7-3-1)25-21-10-4-9-19-22(21)24-20(18-13-15-27-23(18)19)12-11-17-8-5-14-26-17/h1-12,14H,13,15H2/b12-11+. The summed E-state index contributed by atoms with van der Waals surface area (Å²) < 4.78 is 6.16. The third-order valence-electron chi connectivity index (χ3n) is 4.58. The highest BCUT2D eigenvalue weighted by atomic mass is 32.2. The molecule has 132 valence electrons. The van der Waals surface area contributed by atoms with Gasteiger partial charge in [0.25, 0.3) is 0 Å². The molecule has 0 saturated heterocycles. The number of nitrogens with zero attached hydrogens (tertiary/aromatic N) is 1. The monoisotopic (exact) mass is 387 g/mol. The van der Waals surface area contributed by atoms with Crippen LogP contribution >= 0.6 is 23.1 Å². The van der Waals surface area contributed by atoms with E-state index < -0.39 is 0 Å². The van der Waals surface area contributed by atoms with Crippen LogP contribution in [0.5, 0.6) is 11.5 Å². The van der Waals surface area contributed by atoms with Crippen molar-refractivity contribution in [3.63, 3.8) is 0 Å². The molecule has 4 aromatic rings. The molecule has 1 aliphatic rings. The number of pyridine rings is 1. The summed E-state index contributed by atoms with van der Waals surface area (Å²) in [7, 11) is 0. The third kappa shape index (κ3) is 3.27. The van der Waals surface area contributed by atoms with Crippen LogP contribution in [-0.2, 0) is 6.42 Å². The second-order valence-corrected chi connectivity index (χ2v) is 8.40. The zero-order valence-electron chi connectivity index (χ0n) is 14.6. The van der Waals surface area contributed by atoms with Crippen molar-refractivity contribution in [1.29, 1.82) is 0 Å². The van der Waals surface area contributed by atoms with Crippen LogP contribution in [0.25, 0.3) is 23.1 Å². The van der Waals surface area contributed by atoms with Crippen molar-refractivity contribution >= 4 is 46.2 Å². The number of aromatic nitrogens is 1. The Kier molecular flexibility index (Phi) is 4.44. The molecule has 0 aliphatic carbocycles. The quantitative estimate of drug-likeness (QED) is 0.380. The van der Waals surface area contributed by atoms with Crippen LogP contribution in [0, 0.1) is 0 Å². The van der Waals surface area contributed by atoms with Gasteiger partial charge in [-0.3, -0.25) is 0 Å². The highest BCUT2D eigenvalue weighted by Crippen LogP contribution is 2.42. The Hall–Kier alpha value is -2.56. The van der Waals surface area contributed by atoms with Gasteiger partial charge in [0.1, 0.15) is 11.3 Å². The zero-order valence-corrected chi connectivity index (χ0v) is 16.2. The Bertz CT molecular complexity index is 1120. The van der Waals surface area contributed by atoms with Gasteiger partial charge in [-0.25, -0.2) is 4.98 Å². The van der Waals surface area contributed by atoms with Crippen LogP contribution in [0.15, 0.2) is 70.9 Å². The average Bonchev–Trinajstić information content (AvgIpc) is 3.39. The Morgan fingerprint density at radius 1 is 0.926 bits per heavy atom. The number of ether oxygens (including phenoxy) is 1. The lowest BCUT2D eigenvalue weighted by Crippen LogP contribution is -1.96. The van der Waals surface area contributed by atoms with Crippen molar-refractivity contribution < 1.29 is 4.74 Å². The van der Waals surface area contributed by atoms with Gasteiger partial charge in [-0.15, -0.1) is 23.1 Å². The van der Waals surface area contributed by atoms with Crippen molar-refractivity contribution in [3.05, 3.63) is 82.2 Å². The average molecular weight is 388 g/mol. The highest BCUT2D eigenvalue weighted by molar-refractivity contribution is 7.99. The first-order valence-corrected chi connectivity index (χ1v) is 10.8. The fourth-order valence-electron chi connectivity index (χ4n) is 3.33. The molecule has 0 radical (unpaired) electrons. The number of benzene rings is 2. The van der Waals surface area contributed by atoms with Crippen molar-refractivity contribution in [3.8, 4) is 11.5 Å². The van der Waals surface area contributed by atoms with E-state index in [9.17, 15) is 0 Å². The van der Waals surface area contributed by atoms with Crippen LogP contribution in [0.3, 0.4) is 0 Å². The summed E-state index contributed by atoms with van der Waals surface area (Å²) in [6, 6.07) is 20.3. The van der Waals surface area contributed by atoms with Gasteiger partial charge in [0.15, 0.2) is 5.75 Å². The Morgan fingerprint density at radius 2 is 1.85 bits per heavy atom. The summed E-state index contributed by atoms with van der Waals surface area (Å²) in [5.41, 5.74) is 3.34. The topological polar surface area (TPSA) is 22.1 Å². The van der Waals surface area contributed by atoms with E-state index >= 15 is 0 Å². The SMILES string of the molecule is C(=C\c1nc2c(Oc3ccccc3)cccc2c2c1CCS2)/c1cccs1. The molecule has 5 rings (SSSR count). The normalized spacial score (nSPS) is 13.3. The summed E-state index contributed by atoms with van der Waals surface area (Å²) in [6.07, 6.45) is 5.37. The molecule has 1 aliphatic heterocycles. The van der Waals surface area contributed by atoms with Gasteiger partial charge in [0.2, 0.25) is 0 Å². The van der Waals surface area contributed by atoms with Crippen LogP contribution < -0.4 is 4.74 Å². The summed E-state index contributed by atoms with van der Waals surface area (Å²) in [6.45, 7) is 0. The molecule has 2 nitrogen and oxygen atoms in total. The molecule has 0 amide bonds. The van der Waals surface area contributed by atoms with Gasteiger partial charge >= 0.3 is 0 Å². The molecule has 27 heavy (non-hydrogen) atoms. The summed E-state index contributed by atoms with van der Waals surface area (Å²) in [4.78, 5) is 7.61. The fourth-order valence-corrected chi connectivity index (χ4v) is 5.16. The van der Waals surface area contributed by atoms with E-state index in [0.717, 1.165) is 34.9 Å². The molecule has 0 N–H and O–H groups in total. The van der Waals surface area contributed by atoms with Gasteiger partial charge in [0, 0.05) is 20.9 Å². The molecule has 0 bridgehead atoms. The molecule has 0 fully saturated rings. The van der Waals surface area contributed by atoms with Crippen molar-refractivity contribution in [2.45, 2.75) is 11.3 Å². The highest BCUT2D eigenvalue weighted by Gasteiger charge is 2.21. The van der Waals surface area contributed by atoms with Gasteiger partial charge in [0.05, 0.1) is 5.69 Å². The minimum absolute atomic E-state index is 0.805. The number of thiophene rings is 1. The van der Waals surface area contributed by atoms with E-state index in [1.807, 2.05) is 48.2 Å². The molecule has 0 spiro atoms. The van der Waals surface area contributed by atoms with Gasteiger partial charge in [-0.2, -0.15) is 0 Å². The molecular weight excluding hydrogens is 370 g/mol. The molecule has 0 atom stereocenters. The van der Waals surface area contributed by atoms with E-state index in [1.54, 1.807) is 11.3 Å². The van der Waals surface area contributed by atoms with E-state index in [4.69, 9.17) is 9.72 Å². The number of thioether (sulfide) groups is 1. The van der Waals surface area contributed by atoms with E-state index in [2.05, 4.69) is 41.8 Å². The van der Waals surface area contributed by atoms with Gasteiger partial charge < -0.3 is 4.74 Å². The number of hydrogen-bond donors (Lipinski definition) is 0. The molecule has 0 unspecified atom stereocenters.